The Labute approximate surface area is 136 Å². The van der Waals surface area contributed by atoms with E-state index in [1.54, 1.807) is 0 Å². The van der Waals surface area contributed by atoms with Gasteiger partial charge in [0.2, 0.25) is 0 Å². The molecular formula is C20H21N3. The molecule has 116 valence electrons. The molecule has 0 fully saturated rings. The van der Waals surface area contributed by atoms with Gasteiger partial charge in [-0.05, 0) is 60.0 Å². The summed E-state index contributed by atoms with van der Waals surface area (Å²) in [6.45, 7) is 2.18. The average Bonchev–Trinajstić information content (AvgIpc) is 2.55. The lowest BCUT2D eigenvalue weighted by Crippen LogP contribution is -2.25. The van der Waals surface area contributed by atoms with Gasteiger partial charge in [-0.15, -0.1) is 0 Å². The predicted octanol–water partition coefficient (Wildman–Crippen LogP) is 3.79. The van der Waals surface area contributed by atoms with Crippen molar-refractivity contribution >= 4 is 17.1 Å². The lowest BCUT2D eigenvalue weighted by Gasteiger charge is -2.32. The van der Waals surface area contributed by atoms with Gasteiger partial charge < -0.3 is 17.2 Å². The third-order valence-corrected chi connectivity index (χ3v) is 4.42. The Bertz CT molecular complexity index is 777. The van der Waals surface area contributed by atoms with Crippen LogP contribution in [0.5, 0.6) is 0 Å². The molecule has 3 nitrogen and oxygen atoms in total. The molecule has 0 heterocycles. The Kier molecular flexibility index (Phi) is 3.70. The lowest BCUT2D eigenvalue weighted by atomic mass is 9.71. The highest BCUT2D eigenvalue weighted by Gasteiger charge is 2.31. The first kappa shape index (κ1) is 15.0. The van der Waals surface area contributed by atoms with Crippen molar-refractivity contribution in [2.45, 2.75) is 12.3 Å². The summed E-state index contributed by atoms with van der Waals surface area (Å²) in [7, 11) is 0. The van der Waals surface area contributed by atoms with Crippen molar-refractivity contribution in [3.05, 3.63) is 89.5 Å². The van der Waals surface area contributed by atoms with Gasteiger partial charge in [0, 0.05) is 22.5 Å². The van der Waals surface area contributed by atoms with E-state index < -0.39 is 0 Å². The minimum absolute atomic E-state index is 0.363. The number of hydrogen-bond donors (Lipinski definition) is 3. The molecule has 0 aliphatic heterocycles. The number of benzene rings is 3. The van der Waals surface area contributed by atoms with E-state index in [2.05, 4.69) is 31.2 Å². The Morgan fingerprint density at radius 3 is 1.48 bits per heavy atom. The quantitative estimate of drug-likeness (QED) is 0.509. The normalized spacial score (nSPS) is 11.3. The number of hydrogen-bond acceptors (Lipinski definition) is 3. The molecule has 23 heavy (non-hydrogen) atoms. The van der Waals surface area contributed by atoms with Crippen LogP contribution in [0, 0.1) is 0 Å². The van der Waals surface area contributed by atoms with Crippen molar-refractivity contribution in [3.63, 3.8) is 0 Å². The molecule has 0 saturated carbocycles. The van der Waals surface area contributed by atoms with E-state index in [-0.39, 0.29) is 5.41 Å². The average molecular weight is 303 g/mol. The van der Waals surface area contributed by atoms with Crippen LogP contribution < -0.4 is 17.2 Å². The van der Waals surface area contributed by atoms with Gasteiger partial charge in [0.05, 0.1) is 0 Å². The number of nitrogens with two attached hydrogens (primary N) is 3. The van der Waals surface area contributed by atoms with E-state index in [0.717, 1.165) is 33.8 Å². The molecular weight excluding hydrogens is 282 g/mol. The summed E-state index contributed by atoms with van der Waals surface area (Å²) in [5.41, 5.74) is 23.1. The topological polar surface area (TPSA) is 78.1 Å². The highest BCUT2D eigenvalue weighted by atomic mass is 14.6. The van der Waals surface area contributed by atoms with Crippen molar-refractivity contribution in [1.82, 2.24) is 0 Å². The van der Waals surface area contributed by atoms with Crippen molar-refractivity contribution in [2.75, 3.05) is 17.2 Å². The molecule has 0 aliphatic carbocycles. The van der Waals surface area contributed by atoms with Crippen LogP contribution >= 0.6 is 0 Å². The Morgan fingerprint density at radius 2 is 1.04 bits per heavy atom. The first-order valence-corrected chi connectivity index (χ1v) is 7.58. The zero-order valence-electron chi connectivity index (χ0n) is 13.2. The molecule has 3 rings (SSSR count). The molecule has 0 spiro atoms. The predicted molar refractivity (Wildman–Crippen MR) is 98.1 cm³/mol. The second-order valence-electron chi connectivity index (χ2n) is 6.00. The summed E-state index contributed by atoms with van der Waals surface area (Å²) in [5.74, 6) is 0. The summed E-state index contributed by atoms with van der Waals surface area (Å²) in [6, 6.07) is 23.9. The molecule has 0 saturated heterocycles. The molecule has 0 amide bonds. The van der Waals surface area contributed by atoms with Crippen LogP contribution in [0.3, 0.4) is 0 Å². The van der Waals surface area contributed by atoms with Crippen molar-refractivity contribution < 1.29 is 0 Å². The zero-order valence-corrected chi connectivity index (χ0v) is 13.2. The molecule has 3 heteroatoms. The van der Waals surface area contributed by atoms with Gasteiger partial charge in [-0.2, -0.15) is 0 Å². The van der Waals surface area contributed by atoms with Gasteiger partial charge in [-0.25, -0.2) is 0 Å². The SMILES string of the molecule is CC(c1ccc(N)cc1)(c1cccc(N)c1)c1cccc(N)c1. The minimum atomic E-state index is -0.363. The third-order valence-electron chi connectivity index (χ3n) is 4.42. The molecule has 0 radical (unpaired) electrons. The highest BCUT2D eigenvalue weighted by Crippen LogP contribution is 2.40. The van der Waals surface area contributed by atoms with Gasteiger partial charge >= 0.3 is 0 Å². The van der Waals surface area contributed by atoms with Crippen LogP contribution in [0.25, 0.3) is 0 Å². The first-order valence-electron chi connectivity index (χ1n) is 7.58. The Morgan fingerprint density at radius 1 is 0.565 bits per heavy atom. The molecule has 3 aromatic rings. The van der Waals surface area contributed by atoms with Gasteiger partial charge in [-0.1, -0.05) is 36.4 Å². The largest absolute Gasteiger partial charge is 0.399 e. The standard InChI is InChI=1S/C20H21N3/c1-20(14-8-10-17(21)11-9-14,15-4-2-6-18(22)12-15)16-5-3-7-19(23)13-16/h2-13H,21-23H2,1H3. The van der Waals surface area contributed by atoms with Crippen LogP contribution in [-0.2, 0) is 5.41 Å². The van der Waals surface area contributed by atoms with E-state index in [1.165, 1.54) is 0 Å². The van der Waals surface area contributed by atoms with E-state index >= 15 is 0 Å². The number of rotatable bonds is 3. The van der Waals surface area contributed by atoms with Crippen molar-refractivity contribution in [3.8, 4) is 0 Å². The molecule has 0 unspecified atom stereocenters. The minimum Gasteiger partial charge on any atom is -0.399 e. The van der Waals surface area contributed by atoms with Gasteiger partial charge in [-0.3, -0.25) is 0 Å². The fourth-order valence-electron chi connectivity index (χ4n) is 3.02. The van der Waals surface area contributed by atoms with E-state index in [0.29, 0.717) is 0 Å². The highest BCUT2D eigenvalue weighted by molar-refractivity contribution is 5.57. The van der Waals surface area contributed by atoms with Gasteiger partial charge in [0.15, 0.2) is 0 Å². The summed E-state index contributed by atoms with van der Waals surface area (Å²) in [6.07, 6.45) is 0. The number of nitrogen functional groups attached to an aromatic ring is 3. The summed E-state index contributed by atoms with van der Waals surface area (Å²) in [4.78, 5) is 0. The second-order valence-corrected chi connectivity index (χ2v) is 6.00. The van der Waals surface area contributed by atoms with Crippen LogP contribution in [0.15, 0.2) is 72.8 Å². The smallest absolute Gasteiger partial charge is 0.0424 e. The monoisotopic (exact) mass is 303 g/mol. The molecule has 6 N–H and O–H groups in total. The van der Waals surface area contributed by atoms with Gasteiger partial charge in [0.25, 0.3) is 0 Å². The van der Waals surface area contributed by atoms with Crippen LogP contribution in [0.1, 0.15) is 23.6 Å². The summed E-state index contributed by atoms with van der Waals surface area (Å²) < 4.78 is 0. The molecule has 0 atom stereocenters. The third kappa shape index (κ3) is 2.73. The van der Waals surface area contributed by atoms with E-state index in [9.17, 15) is 0 Å². The van der Waals surface area contributed by atoms with Crippen molar-refractivity contribution in [1.29, 1.82) is 0 Å². The van der Waals surface area contributed by atoms with E-state index in [4.69, 9.17) is 17.2 Å². The fraction of sp³-hybridized carbons (Fsp3) is 0.100. The molecule has 3 aromatic carbocycles. The molecule has 0 bridgehead atoms. The Balaban J connectivity index is 2.27. The van der Waals surface area contributed by atoms with Crippen molar-refractivity contribution in [2.24, 2.45) is 0 Å². The zero-order chi connectivity index (χ0) is 16.4. The summed E-state index contributed by atoms with van der Waals surface area (Å²) >= 11 is 0. The van der Waals surface area contributed by atoms with Gasteiger partial charge in [0.1, 0.15) is 0 Å². The maximum absolute atomic E-state index is 6.02. The number of anilines is 3. The lowest BCUT2D eigenvalue weighted by molar-refractivity contribution is 0.693. The molecule has 0 aromatic heterocycles. The van der Waals surface area contributed by atoms with E-state index in [1.807, 2.05) is 48.5 Å². The van der Waals surface area contributed by atoms with Crippen LogP contribution in [0.2, 0.25) is 0 Å². The van der Waals surface area contributed by atoms with Crippen LogP contribution in [-0.4, -0.2) is 0 Å². The first-order chi connectivity index (χ1) is 11.0. The maximum Gasteiger partial charge on any atom is 0.0424 e. The Hall–Kier alpha value is -2.94. The van der Waals surface area contributed by atoms with Crippen LogP contribution in [0.4, 0.5) is 17.1 Å². The summed E-state index contributed by atoms with van der Waals surface area (Å²) in [5, 5.41) is 0. The fourth-order valence-corrected chi connectivity index (χ4v) is 3.02. The maximum atomic E-state index is 6.02. The molecule has 0 aliphatic rings. The second kappa shape index (κ2) is 5.69.